The predicted molar refractivity (Wildman–Crippen MR) is 118 cm³/mol. The van der Waals surface area contributed by atoms with Crippen molar-refractivity contribution in [1.29, 1.82) is 0 Å². The van der Waals surface area contributed by atoms with Gasteiger partial charge in [-0.2, -0.15) is 0 Å². The van der Waals surface area contributed by atoms with Gasteiger partial charge >= 0.3 is 5.97 Å². The van der Waals surface area contributed by atoms with Crippen LogP contribution in [0.2, 0.25) is 5.02 Å². The summed E-state index contributed by atoms with van der Waals surface area (Å²) in [4.78, 5) is 24.7. The molecule has 1 heterocycles. The highest BCUT2D eigenvalue weighted by atomic mass is 35.5. The van der Waals surface area contributed by atoms with Crippen LogP contribution in [-0.4, -0.2) is 33.0 Å². The summed E-state index contributed by atoms with van der Waals surface area (Å²) in [7, 11) is 0. The van der Waals surface area contributed by atoms with Crippen LogP contribution in [0.25, 0.3) is 11.0 Å². The summed E-state index contributed by atoms with van der Waals surface area (Å²) in [5.41, 5.74) is 3.65. The average Bonchev–Trinajstić information content (AvgIpc) is 3.18. The molecule has 0 aliphatic carbocycles. The summed E-state index contributed by atoms with van der Waals surface area (Å²) in [6.07, 6.45) is -0.954. The van der Waals surface area contributed by atoms with Crippen LogP contribution in [0, 0.1) is 0 Å². The van der Waals surface area contributed by atoms with Crippen molar-refractivity contribution < 1.29 is 14.3 Å². The standard InChI is InChI=1S/C23H19ClN4O3/c1-15(22(29)25-19-12-10-18(24)11-13-19)31-23(30)17-8-6-16(7-9-17)14-28-21-5-3-2-4-20(21)26-27-28/h2-13,15H,14H2,1H3,(H,25,29). The van der Waals surface area contributed by atoms with E-state index in [1.165, 1.54) is 6.92 Å². The Morgan fingerprint density at radius 2 is 1.74 bits per heavy atom. The van der Waals surface area contributed by atoms with Crippen LogP contribution in [0.15, 0.2) is 72.8 Å². The highest BCUT2D eigenvalue weighted by Gasteiger charge is 2.19. The van der Waals surface area contributed by atoms with Gasteiger partial charge in [-0.3, -0.25) is 4.79 Å². The summed E-state index contributed by atoms with van der Waals surface area (Å²) in [5, 5.41) is 11.6. The molecule has 1 unspecified atom stereocenters. The molecule has 7 nitrogen and oxygen atoms in total. The Kier molecular flexibility index (Phi) is 5.95. The molecule has 4 aromatic rings. The number of halogens is 1. The summed E-state index contributed by atoms with van der Waals surface area (Å²) in [6.45, 7) is 2.04. The Balaban J connectivity index is 1.36. The number of para-hydroxylation sites is 1. The first-order valence-corrected chi connectivity index (χ1v) is 10.0. The number of esters is 1. The number of rotatable bonds is 6. The van der Waals surface area contributed by atoms with Crippen molar-refractivity contribution in [2.45, 2.75) is 19.6 Å². The lowest BCUT2D eigenvalue weighted by molar-refractivity contribution is -0.123. The lowest BCUT2D eigenvalue weighted by Gasteiger charge is -2.14. The van der Waals surface area contributed by atoms with Crippen molar-refractivity contribution in [1.82, 2.24) is 15.0 Å². The Labute approximate surface area is 183 Å². The third-order valence-corrected chi connectivity index (χ3v) is 4.96. The monoisotopic (exact) mass is 434 g/mol. The number of hydrogen-bond donors (Lipinski definition) is 1. The number of nitrogens with one attached hydrogen (secondary N) is 1. The van der Waals surface area contributed by atoms with E-state index in [0.717, 1.165) is 16.6 Å². The molecule has 1 aromatic heterocycles. The van der Waals surface area contributed by atoms with E-state index in [9.17, 15) is 9.59 Å². The van der Waals surface area contributed by atoms with Gasteiger partial charge in [0.25, 0.3) is 5.91 Å². The maximum Gasteiger partial charge on any atom is 0.338 e. The van der Waals surface area contributed by atoms with Gasteiger partial charge in [0, 0.05) is 10.7 Å². The number of fused-ring (bicyclic) bond motifs is 1. The number of aromatic nitrogens is 3. The van der Waals surface area contributed by atoms with E-state index in [1.54, 1.807) is 41.1 Å². The smallest absolute Gasteiger partial charge is 0.338 e. The van der Waals surface area contributed by atoms with Crippen LogP contribution in [0.3, 0.4) is 0 Å². The second-order valence-electron chi connectivity index (χ2n) is 6.98. The van der Waals surface area contributed by atoms with Crippen molar-refractivity contribution in [3.63, 3.8) is 0 Å². The number of carbonyl (C=O) groups excluding carboxylic acids is 2. The van der Waals surface area contributed by atoms with E-state index < -0.39 is 18.0 Å². The van der Waals surface area contributed by atoms with Gasteiger partial charge in [0.1, 0.15) is 5.52 Å². The van der Waals surface area contributed by atoms with Crippen LogP contribution in [-0.2, 0) is 16.1 Å². The summed E-state index contributed by atoms with van der Waals surface area (Å²) in [6, 6.07) is 21.4. The van der Waals surface area contributed by atoms with E-state index in [4.69, 9.17) is 16.3 Å². The second kappa shape index (κ2) is 8.97. The molecule has 1 N–H and O–H groups in total. The Hall–Kier alpha value is -3.71. The van der Waals surface area contributed by atoms with Gasteiger partial charge in [-0.05, 0) is 61.0 Å². The minimum absolute atomic E-state index is 0.360. The van der Waals surface area contributed by atoms with Gasteiger partial charge in [0.15, 0.2) is 6.10 Å². The lowest BCUT2D eigenvalue weighted by atomic mass is 10.1. The van der Waals surface area contributed by atoms with Crippen molar-refractivity contribution in [2.75, 3.05) is 5.32 Å². The number of carbonyl (C=O) groups is 2. The number of amides is 1. The molecule has 31 heavy (non-hydrogen) atoms. The SMILES string of the molecule is CC(OC(=O)c1ccc(Cn2nnc3ccccc32)cc1)C(=O)Nc1ccc(Cl)cc1. The van der Waals surface area contributed by atoms with Crippen molar-refractivity contribution >= 4 is 40.2 Å². The highest BCUT2D eigenvalue weighted by Crippen LogP contribution is 2.15. The first-order chi connectivity index (χ1) is 15.0. The summed E-state index contributed by atoms with van der Waals surface area (Å²) >= 11 is 5.83. The van der Waals surface area contributed by atoms with Gasteiger partial charge in [0.2, 0.25) is 0 Å². The van der Waals surface area contributed by atoms with Crippen LogP contribution in [0.5, 0.6) is 0 Å². The minimum Gasteiger partial charge on any atom is -0.449 e. The molecule has 3 aromatic carbocycles. The van der Waals surface area contributed by atoms with Gasteiger partial charge in [-0.15, -0.1) is 5.10 Å². The van der Waals surface area contributed by atoms with Crippen molar-refractivity contribution in [2.24, 2.45) is 0 Å². The maximum absolute atomic E-state index is 12.4. The van der Waals surface area contributed by atoms with E-state index in [0.29, 0.717) is 22.8 Å². The molecule has 0 bridgehead atoms. The fraction of sp³-hybridized carbons (Fsp3) is 0.130. The highest BCUT2D eigenvalue weighted by molar-refractivity contribution is 6.30. The number of benzene rings is 3. The van der Waals surface area contributed by atoms with Crippen LogP contribution in [0.1, 0.15) is 22.8 Å². The molecule has 0 fully saturated rings. The molecule has 156 valence electrons. The zero-order valence-corrected chi connectivity index (χ0v) is 17.4. The van der Waals surface area contributed by atoms with Gasteiger partial charge in [-0.1, -0.05) is 41.1 Å². The lowest BCUT2D eigenvalue weighted by Crippen LogP contribution is -2.30. The largest absolute Gasteiger partial charge is 0.449 e. The molecule has 0 radical (unpaired) electrons. The Morgan fingerprint density at radius 3 is 2.48 bits per heavy atom. The quantitative estimate of drug-likeness (QED) is 0.457. The van der Waals surface area contributed by atoms with Crippen molar-refractivity contribution in [3.8, 4) is 0 Å². The van der Waals surface area contributed by atoms with E-state index in [2.05, 4.69) is 15.6 Å². The van der Waals surface area contributed by atoms with E-state index in [1.807, 2.05) is 36.4 Å². The Bertz CT molecular complexity index is 1220. The third-order valence-electron chi connectivity index (χ3n) is 4.71. The number of nitrogens with zero attached hydrogens (tertiary/aromatic N) is 3. The summed E-state index contributed by atoms with van der Waals surface area (Å²) in [5.74, 6) is -0.998. The molecule has 0 aliphatic rings. The first-order valence-electron chi connectivity index (χ1n) is 9.64. The van der Waals surface area contributed by atoms with Crippen LogP contribution >= 0.6 is 11.6 Å². The second-order valence-corrected chi connectivity index (χ2v) is 7.41. The number of ether oxygens (including phenoxy) is 1. The van der Waals surface area contributed by atoms with E-state index in [-0.39, 0.29) is 0 Å². The molecule has 0 saturated carbocycles. The molecule has 8 heteroatoms. The zero-order chi connectivity index (χ0) is 21.8. The molecule has 1 amide bonds. The minimum atomic E-state index is -0.954. The molecule has 0 spiro atoms. The first kappa shape index (κ1) is 20.6. The Morgan fingerprint density at radius 1 is 1.03 bits per heavy atom. The number of anilines is 1. The molecular weight excluding hydrogens is 416 g/mol. The fourth-order valence-corrected chi connectivity index (χ4v) is 3.14. The van der Waals surface area contributed by atoms with Crippen LogP contribution < -0.4 is 5.32 Å². The van der Waals surface area contributed by atoms with Crippen molar-refractivity contribution in [3.05, 3.63) is 88.9 Å². The topological polar surface area (TPSA) is 86.1 Å². The third kappa shape index (κ3) is 4.90. The van der Waals surface area contributed by atoms with Gasteiger partial charge in [0.05, 0.1) is 17.6 Å². The van der Waals surface area contributed by atoms with Crippen LogP contribution in [0.4, 0.5) is 5.69 Å². The summed E-state index contributed by atoms with van der Waals surface area (Å²) < 4.78 is 7.09. The maximum atomic E-state index is 12.4. The number of hydrogen-bond acceptors (Lipinski definition) is 5. The van der Waals surface area contributed by atoms with E-state index >= 15 is 0 Å². The van der Waals surface area contributed by atoms with Gasteiger partial charge in [-0.25, -0.2) is 9.48 Å². The molecule has 4 rings (SSSR count). The molecule has 1 atom stereocenters. The van der Waals surface area contributed by atoms with Gasteiger partial charge < -0.3 is 10.1 Å². The zero-order valence-electron chi connectivity index (χ0n) is 16.7. The molecule has 0 saturated heterocycles. The molecular formula is C23H19ClN4O3. The predicted octanol–water partition coefficient (Wildman–Crippen LogP) is 4.32. The normalized spacial score (nSPS) is 11.8. The average molecular weight is 435 g/mol. The molecule has 0 aliphatic heterocycles. The fourth-order valence-electron chi connectivity index (χ4n) is 3.01.